The highest BCUT2D eigenvalue weighted by atomic mass is 16.4. The maximum Gasteiger partial charge on any atom is 0.371 e. The highest BCUT2D eigenvalue weighted by molar-refractivity contribution is 5.85. The summed E-state index contributed by atoms with van der Waals surface area (Å²) in [7, 11) is 1.77. The highest BCUT2D eigenvalue weighted by Crippen LogP contribution is 2.16. The molecule has 1 aromatic heterocycles. The standard InChI is InChI=1S/C12H16N2O4/c1-7-8(5-10(18-7)12(16)17)6-13-9-3-4-14(2)11(9)15/h5,9,13H,3-4,6H2,1-2H3,(H,16,17). The predicted octanol–water partition coefficient (Wildman–Crippen LogP) is 0.607. The fourth-order valence-corrected chi connectivity index (χ4v) is 2.05. The Morgan fingerprint density at radius 2 is 2.39 bits per heavy atom. The molecule has 2 heterocycles. The van der Waals surface area contributed by atoms with Crippen LogP contribution in [0.5, 0.6) is 0 Å². The molecule has 0 aliphatic carbocycles. The van der Waals surface area contributed by atoms with Crippen LogP contribution in [0.3, 0.4) is 0 Å². The zero-order chi connectivity index (χ0) is 13.3. The van der Waals surface area contributed by atoms with Crippen LogP contribution in [0.25, 0.3) is 0 Å². The molecule has 1 saturated heterocycles. The van der Waals surface area contributed by atoms with E-state index < -0.39 is 5.97 Å². The molecule has 1 aliphatic heterocycles. The summed E-state index contributed by atoms with van der Waals surface area (Å²) in [4.78, 5) is 24.1. The number of nitrogens with one attached hydrogen (secondary N) is 1. The van der Waals surface area contributed by atoms with E-state index in [-0.39, 0.29) is 17.7 Å². The summed E-state index contributed by atoms with van der Waals surface area (Å²) >= 11 is 0. The lowest BCUT2D eigenvalue weighted by Crippen LogP contribution is -2.36. The second-order valence-electron chi connectivity index (χ2n) is 4.48. The zero-order valence-corrected chi connectivity index (χ0v) is 10.4. The number of aryl methyl sites for hydroxylation is 1. The molecule has 1 atom stereocenters. The predicted molar refractivity (Wildman–Crippen MR) is 63.3 cm³/mol. The lowest BCUT2D eigenvalue weighted by atomic mass is 10.2. The van der Waals surface area contributed by atoms with Crippen molar-refractivity contribution in [2.75, 3.05) is 13.6 Å². The van der Waals surface area contributed by atoms with Crippen molar-refractivity contribution in [3.05, 3.63) is 23.2 Å². The van der Waals surface area contributed by atoms with E-state index in [0.717, 1.165) is 18.5 Å². The minimum Gasteiger partial charge on any atom is -0.475 e. The van der Waals surface area contributed by atoms with E-state index in [9.17, 15) is 9.59 Å². The summed E-state index contributed by atoms with van der Waals surface area (Å²) in [5, 5.41) is 11.9. The molecule has 6 nitrogen and oxygen atoms in total. The zero-order valence-electron chi connectivity index (χ0n) is 10.4. The maximum atomic E-state index is 11.7. The fraction of sp³-hybridized carbons (Fsp3) is 0.500. The van der Waals surface area contributed by atoms with Crippen LogP contribution < -0.4 is 5.32 Å². The van der Waals surface area contributed by atoms with E-state index in [1.165, 1.54) is 6.07 Å². The van der Waals surface area contributed by atoms with Crippen molar-refractivity contribution in [3.8, 4) is 0 Å². The summed E-state index contributed by atoms with van der Waals surface area (Å²) in [6.07, 6.45) is 0.776. The van der Waals surface area contributed by atoms with Gasteiger partial charge >= 0.3 is 5.97 Å². The van der Waals surface area contributed by atoms with Crippen LogP contribution in [0.15, 0.2) is 10.5 Å². The van der Waals surface area contributed by atoms with Crippen LogP contribution in [0.4, 0.5) is 0 Å². The average molecular weight is 252 g/mol. The second-order valence-corrected chi connectivity index (χ2v) is 4.48. The smallest absolute Gasteiger partial charge is 0.371 e. The molecule has 2 N–H and O–H groups in total. The number of aromatic carboxylic acids is 1. The van der Waals surface area contributed by atoms with Gasteiger partial charge in [0.2, 0.25) is 11.7 Å². The maximum absolute atomic E-state index is 11.7. The number of carboxylic acids is 1. The highest BCUT2D eigenvalue weighted by Gasteiger charge is 2.28. The van der Waals surface area contributed by atoms with Crippen LogP contribution >= 0.6 is 0 Å². The quantitative estimate of drug-likeness (QED) is 0.820. The van der Waals surface area contributed by atoms with Crippen molar-refractivity contribution in [3.63, 3.8) is 0 Å². The Balaban J connectivity index is 1.98. The Morgan fingerprint density at radius 1 is 1.67 bits per heavy atom. The number of rotatable bonds is 4. The Bertz CT molecular complexity index is 480. The molecule has 2 rings (SSSR count). The van der Waals surface area contributed by atoms with Crippen molar-refractivity contribution in [1.82, 2.24) is 10.2 Å². The van der Waals surface area contributed by atoms with Gasteiger partial charge in [0.25, 0.3) is 0 Å². The molecule has 0 radical (unpaired) electrons. The molecule has 1 unspecified atom stereocenters. The first-order valence-corrected chi connectivity index (χ1v) is 5.80. The lowest BCUT2D eigenvalue weighted by Gasteiger charge is -2.11. The third-order valence-corrected chi connectivity index (χ3v) is 3.20. The summed E-state index contributed by atoms with van der Waals surface area (Å²) in [5.41, 5.74) is 0.773. The van der Waals surface area contributed by atoms with Crippen molar-refractivity contribution < 1.29 is 19.1 Å². The molecule has 18 heavy (non-hydrogen) atoms. The molecule has 0 aromatic carbocycles. The van der Waals surface area contributed by atoms with Crippen molar-refractivity contribution in [1.29, 1.82) is 0 Å². The molecule has 6 heteroatoms. The Morgan fingerprint density at radius 3 is 2.89 bits per heavy atom. The van der Waals surface area contributed by atoms with E-state index in [1.807, 2.05) is 0 Å². The van der Waals surface area contributed by atoms with E-state index in [0.29, 0.717) is 12.3 Å². The number of carbonyl (C=O) groups is 2. The normalized spacial score (nSPS) is 19.6. The molecule has 1 aliphatic rings. The van der Waals surface area contributed by atoms with Gasteiger partial charge in [0.1, 0.15) is 5.76 Å². The van der Waals surface area contributed by atoms with Crippen molar-refractivity contribution >= 4 is 11.9 Å². The van der Waals surface area contributed by atoms with Gasteiger partial charge in [0, 0.05) is 25.7 Å². The number of amides is 1. The molecule has 0 saturated carbocycles. The number of carbonyl (C=O) groups excluding carboxylic acids is 1. The fourth-order valence-electron chi connectivity index (χ4n) is 2.05. The van der Waals surface area contributed by atoms with Gasteiger partial charge in [-0.1, -0.05) is 0 Å². The van der Waals surface area contributed by atoms with E-state index in [1.54, 1.807) is 18.9 Å². The second kappa shape index (κ2) is 4.81. The SMILES string of the molecule is Cc1oc(C(=O)O)cc1CNC1CCN(C)C1=O. The summed E-state index contributed by atoms with van der Waals surface area (Å²) in [5.74, 6) is -0.506. The third kappa shape index (κ3) is 2.38. The van der Waals surface area contributed by atoms with Crippen molar-refractivity contribution in [2.24, 2.45) is 0 Å². The van der Waals surface area contributed by atoms with Gasteiger partial charge in [0.05, 0.1) is 6.04 Å². The molecule has 1 aromatic rings. The first-order chi connectivity index (χ1) is 8.49. The van der Waals surface area contributed by atoms with Gasteiger partial charge in [-0.2, -0.15) is 0 Å². The first kappa shape index (κ1) is 12.6. The largest absolute Gasteiger partial charge is 0.475 e. The number of furan rings is 1. The van der Waals surface area contributed by atoms with Gasteiger partial charge in [-0.05, 0) is 19.4 Å². The Kier molecular flexibility index (Phi) is 3.38. The number of likely N-dealkylation sites (N-methyl/N-ethyl adjacent to an activating group) is 1. The van der Waals surface area contributed by atoms with Gasteiger partial charge in [-0.15, -0.1) is 0 Å². The number of hydrogen-bond donors (Lipinski definition) is 2. The number of hydrogen-bond acceptors (Lipinski definition) is 4. The lowest BCUT2D eigenvalue weighted by molar-refractivity contribution is -0.128. The molecular formula is C12H16N2O4. The van der Waals surface area contributed by atoms with E-state index in [4.69, 9.17) is 9.52 Å². The molecule has 0 spiro atoms. The molecule has 98 valence electrons. The topological polar surface area (TPSA) is 82.8 Å². The summed E-state index contributed by atoms with van der Waals surface area (Å²) in [6, 6.07) is 1.31. The van der Waals surface area contributed by atoms with Crippen LogP contribution in [-0.4, -0.2) is 41.5 Å². The molecule has 1 fully saturated rings. The van der Waals surface area contributed by atoms with E-state index >= 15 is 0 Å². The first-order valence-electron chi connectivity index (χ1n) is 5.80. The van der Waals surface area contributed by atoms with E-state index in [2.05, 4.69) is 5.32 Å². The Labute approximate surface area is 105 Å². The van der Waals surface area contributed by atoms with Crippen LogP contribution in [-0.2, 0) is 11.3 Å². The minimum absolute atomic E-state index is 0.0702. The van der Waals surface area contributed by atoms with Gasteiger partial charge in [-0.25, -0.2) is 4.79 Å². The summed E-state index contributed by atoms with van der Waals surface area (Å²) < 4.78 is 5.10. The van der Waals surface area contributed by atoms with Crippen LogP contribution in [0.2, 0.25) is 0 Å². The van der Waals surface area contributed by atoms with Crippen molar-refractivity contribution in [2.45, 2.75) is 25.9 Å². The molecule has 1 amide bonds. The number of nitrogens with zero attached hydrogens (tertiary/aromatic N) is 1. The molecule has 0 bridgehead atoms. The summed E-state index contributed by atoms with van der Waals surface area (Å²) in [6.45, 7) is 2.90. The average Bonchev–Trinajstić information content (AvgIpc) is 2.83. The van der Waals surface area contributed by atoms with Gasteiger partial charge < -0.3 is 19.7 Å². The van der Waals surface area contributed by atoms with Gasteiger partial charge in [-0.3, -0.25) is 4.79 Å². The number of likely N-dealkylation sites (tertiary alicyclic amines) is 1. The molecular weight excluding hydrogens is 236 g/mol. The van der Waals surface area contributed by atoms with Crippen LogP contribution in [0, 0.1) is 6.92 Å². The monoisotopic (exact) mass is 252 g/mol. The number of carboxylic acid groups (broad SMARTS) is 1. The van der Waals surface area contributed by atoms with Crippen LogP contribution in [0.1, 0.15) is 28.3 Å². The Hall–Kier alpha value is -1.82. The minimum atomic E-state index is -1.08. The third-order valence-electron chi connectivity index (χ3n) is 3.20. The van der Waals surface area contributed by atoms with Gasteiger partial charge in [0.15, 0.2) is 0 Å².